The van der Waals surface area contributed by atoms with Crippen LogP contribution in [0.25, 0.3) is 0 Å². The normalized spacial score (nSPS) is 11.1. The summed E-state index contributed by atoms with van der Waals surface area (Å²) in [6.07, 6.45) is 5.84. The molecule has 0 saturated heterocycles. The van der Waals surface area contributed by atoms with E-state index in [1.165, 1.54) is 6.42 Å². The molecule has 0 unspecified atom stereocenters. The minimum atomic E-state index is 0.342. The Bertz CT molecular complexity index is 92.1. The van der Waals surface area contributed by atoms with Crippen LogP contribution in [-0.2, 0) is 9.47 Å². The lowest BCUT2D eigenvalue weighted by Gasteiger charge is -2.06. The average molecular weight is 187 g/mol. The van der Waals surface area contributed by atoms with Gasteiger partial charge in [0.2, 0.25) is 0 Å². The first-order valence-electron chi connectivity index (χ1n) is 5.28. The summed E-state index contributed by atoms with van der Waals surface area (Å²) in [5.41, 5.74) is 0. The third-order valence-electron chi connectivity index (χ3n) is 1.65. The first kappa shape index (κ1) is 12.9. The van der Waals surface area contributed by atoms with Crippen molar-refractivity contribution in [1.82, 2.24) is 0 Å². The fourth-order valence-corrected chi connectivity index (χ4v) is 0.883. The summed E-state index contributed by atoms with van der Waals surface area (Å²) in [5, 5.41) is 0. The first-order valence-corrected chi connectivity index (χ1v) is 5.28. The van der Waals surface area contributed by atoms with Gasteiger partial charge in [-0.1, -0.05) is 13.3 Å². The Morgan fingerprint density at radius 3 is 2.62 bits per heavy atom. The van der Waals surface area contributed by atoms with E-state index in [0.29, 0.717) is 6.10 Å². The molecule has 0 aromatic heterocycles. The van der Waals surface area contributed by atoms with E-state index in [9.17, 15) is 0 Å². The molecule has 0 aliphatic carbocycles. The zero-order valence-electron chi connectivity index (χ0n) is 9.21. The van der Waals surface area contributed by atoms with Gasteiger partial charge in [-0.3, -0.25) is 0 Å². The fourth-order valence-electron chi connectivity index (χ4n) is 0.883. The van der Waals surface area contributed by atoms with E-state index in [-0.39, 0.29) is 0 Å². The van der Waals surface area contributed by atoms with Crippen LogP contribution in [0.2, 0.25) is 0 Å². The molecule has 2 nitrogen and oxygen atoms in total. The van der Waals surface area contributed by atoms with Gasteiger partial charge in [0, 0.05) is 19.8 Å². The molecule has 79 valence electrons. The van der Waals surface area contributed by atoms with Crippen LogP contribution in [0.3, 0.4) is 0 Å². The van der Waals surface area contributed by atoms with E-state index in [2.05, 4.69) is 27.2 Å². The zero-order chi connectivity index (χ0) is 9.94. The first-order chi connectivity index (χ1) is 6.27. The SMILES string of the molecule is CCCCOC[CH]CCOC(C)C. The molecule has 0 aromatic rings. The Morgan fingerprint density at radius 1 is 1.23 bits per heavy atom. The summed E-state index contributed by atoms with van der Waals surface area (Å²) in [6, 6.07) is 0. The fraction of sp³-hybridized carbons (Fsp3) is 0.909. The highest BCUT2D eigenvalue weighted by Crippen LogP contribution is 1.95. The molecule has 0 spiro atoms. The molecule has 0 aromatic carbocycles. The smallest absolute Gasteiger partial charge is 0.0518 e. The summed E-state index contributed by atoms with van der Waals surface area (Å²) < 4.78 is 10.8. The second-order valence-corrected chi connectivity index (χ2v) is 3.43. The Hall–Kier alpha value is -0.0800. The van der Waals surface area contributed by atoms with E-state index in [4.69, 9.17) is 9.47 Å². The van der Waals surface area contributed by atoms with Gasteiger partial charge in [0.15, 0.2) is 0 Å². The number of ether oxygens (including phenoxy) is 2. The second-order valence-electron chi connectivity index (χ2n) is 3.43. The van der Waals surface area contributed by atoms with Crippen molar-refractivity contribution in [3.8, 4) is 0 Å². The van der Waals surface area contributed by atoms with Crippen molar-refractivity contribution in [2.24, 2.45) is 0 Å². The van der Waals surface area contributed by atoms with Crippen LogP contribution in [0.5, 0.6) is 0 Å². The monoisotopic (exact) mass is 187 g/mol. The molecule has 0 saturated carbocycles. The van der Waals surface area contributed by atoms with Gasteiger partial charge in [-0.25, -0.2) is 0 Å². The van der Waals surface area contributed by atoms with E-state index in [0.717, 1.165) is 32.7 Å². The van der Waals surface area contributed by atoms with Crippen LogP contribution in [0.1, 0.15) is 40.0 Å². The molecule has 0 aliphatic rings. The number of hydrogen-bond donors (Lipinski definition) is 0. The van der Waals surface area contributed by atoms with Gasteiger partial charge in [0.1, 0.15) is 0 Å². The van der Waals surface area contributed by atoms with Crippen molar-refractivity contribution in [3.05, 3.63) is 6.42 Å². The highest BCUT2D eigenvalue weighted by molar-refractivity contribution is 4.62. The predicted octanol–water partition coefficient (Wildman–Crippen LogP) is 2.82. The lowest BCUT2D eigenvalue weighted by molar-refractivity contribution is 0.0764. The maximum absolute atomic E-state index is 5.38. The Kier molecular flexibility index (Phi) is 9.94. The Labute approximate surface area is 82.6 Å². The van der Waals surface area contributed by atoms with E-state index >= 15 is 0 Å². The van der Waals surface area contributed by atoms with Crippen LogP contribution in [0, 0.1) is 6.42 Å². The van der Waals surface area contributed by atoms with Gasteiger partial charge in [0.05, 0.1) is 6.10 Å². The molecule has 0 atom stereocenters. The van der Waals surface area contributed by atoms with Crippen LogP contribution >= 0.6 is 0 Å². The van der Waals surface area contributed by atoms with Crippen LogP contribution in [0.15, 0.2) is 0 Å². The summed E-state index contributed by atoms with van der Waals surface area (Å²) >= 11 is 0. The van der Waals surface area contributed by atoms with Gasteiger partial charge in [-0.05, 0) is 33.1 Å². The molecule has 13 heavy (non-hydrogen) atoms. The average Bonchev–Trinajstić information content (AvgIpc) is 2.09. The molecule has 0 aliphatic heterocycles. The van der Waals surface area contributed by atoms with Gasteiger partial charge >= 0.3 is 0 Å². The number of hydrogen-bond acceptors (Lipinski definition) is 2. The van der Waals surface area contributed by atoms with Gasteiger partial charge < -0.3 is 9.47 Å². The second kappa shape index (κ2) is 10.0. The topological polar surface area (TPSA) is 18.5 Å². The third-order valence-corrected chi connectivity index (χ3v) is 1.65. The largest absolute Gasteiger partial charge is 0.381 e. The lowest BCUT2D eigenvalue weighted by atomic mass is 10.3. The number of rotatable bonds is 9. The van der Waals surface area contributed by atoms with Crippen molar-refractivity contribution in [2.75, 3.05) is 19.8 Å². The van der Waals surface area contributed by atoms with E-state index < -0.39 is 0 Å². The molecule has 0 amide bonds. The zero-order valence-corrected chi connectivity index (χ0v) is 9.21. The quantitative estimate of drug-likeness (QED) is 0.517. The number of unbranched alkanes of at least 4 members (excludes halogenated alkanes) is 2. The molecular formula is C11H23O2. The molecule has 0 bridgehead atoms. The van der Waals surface area contributed by atoms with Crippen molar-refractivity contribution < 1.29 is 9.47 Å². The Balaban J connectivity index is 2.84. The molecule has 1 radical (unpaired) electrons. The van der Waals surface area contributed by atoms with Crippen molar-refractivity contribution in [1.29, 1.82) is 0 Å². The minimum absolute atomic E-state index is 0.342. The molecule has 0 N–H and O–H groups in total. The third kappa shape index (κ3) is 11.9. The van der Waals surface area contributed by atoms with Gasteiger partial charge in [-0.15, -0.1) is 0 Å². The Morgan fingerprint density at radius 2 is 2.00 bits per heavy atom. The highest BCUT2D eigenvalue weighted by atomic mass is 16.5. The molecule has 2 heteroatoms. The standard InChI is InChI=1S/C11H23O2/c1-4-5-8-12-9-6-7-10-13-11(2)3/h6,11H,4-5,7-10H2,1-3H3. The van der Waals surface area contributed by atoms with Crippen LogP contribution < -0.4 is 0 Å². The molecule has 0 rings (SSSR count). The molecular weight excluding hydrogens is 164 g/mol. The van der Waals surface area contributed by atoms with E-state index in [1.807, 2.05) is 0 Å². The van der Waals surface area contributed by atoms with Crippen LogP contribution in [0.4, 0.5) is 0 Å². The minimum Gasteiger partial charge on any atom is -0.381 e. The molecule has 0 heterocycles. The molecule has 0 fully saturated rings. The maximum Gasteiger partial charge on any atom is 0.0518 e. The lowest BCUT2D eigenvalue weighted by Crippen LogP contribution is -2.05. The summed E-state index contributed by atoms with van der Waals surface area (Å²) in [4.78, 5) is 0. The highest BCUT2D eigenvalue weighted by Gasteiger charge is 1.93. The summed E-state index contributed by atoms with van der Waals surface area (Å²) in [7, 11) is 0. The van der Waals surface area contributed by atoms with E-state index in [1.54, 1.807) is 0 Å². The van der Waals surface area contributed by atoms with Crippen LogP contribution in [-0.4, -0.2) is 25.9 Å². The van der Waals surface area contributed by atoms with Gasteiger partial charge in [-0.2, -0.15) is 0 Å². The van der Waals surface area contributed by atoms with Crippen molar-refractivity contribution >= 4 is 0 Å². The van der Waals surface area contributed by atoms with Gasteiger partial charge in [0.25, 0.3) is 0 Å². The van der Waals surface area contributed by atoms with Crippen molar-refractivity contribution in [2.45, 2.75) is 46.1 Å². The van der Waals surface area contributed by atoms with Crippen molar-refractivity contribution in [3.63, 3.8) is 0 Å². The summed E-state index contributed by atoms with van der Waals surface area (Å²) in [6.45, 7) is 8.74. The predicted molar refractivity (Wildman–Crippen MR) is 55.7 cm³/mol. The summed E-state index contributed by atoms with van der Waals surface area (Å²) in [5.74, 6) is 0. The maximum atomic E-state index is 5.38.